The van der Waals surface area contributed by atoms with Gasteiger partial charge in [-0.15, -0.1) is 0 Å². The minimum atomic E-state index is -4.35. The van der Waals surface area contributed by atoms with Crippen molar-refractivity contribution < 1.29 is 33.0 Å². The summed E-state index contributed by atoms with van der Waals surface area (Å²) in [6.45, 7) is 11.5. The number of carboxylic acid groups (broad SMARTS) is 1. The number of aliphatic carboxylic acids is 1. The Balaban J connectivity index is 3.38. The highest BCUT2D eigenvalue weighted by Crippen LogP contribution is 2.21. The number of carboxylic acids is 1. The number of hydrogen-bond donors (Lipinski definition) is 5. The van der Waals surface area contributed by atoms with Crippen LogP contribution >= 0.6 is 0 Å². The van der Waals surface area contributed by atoms with Crippen molar-refractivity contribution in [2.75, 3.05) is 33.7 Å². The van der Waals surface area contributed by atoms with E-state index >= 15 is 0 Å². The Hall–Kier alpha value is -2.58. The van der Waals surface area contributed by atoms with Crippen LogP contribution in [-0.2, 0) is 31.0 Å². The number of nitrogens with one attached hydrogen (secondary N) is 3. The zero-order chi connectivity index (χ0) is 32.5. The second kappa shape index (κ2) is 15.8. The highest BCUT2D eigenvalue weighted by molar-refractivity contribution is 7.87. The average Bonchev–Trinajstić information content (AvgIpc) is 2.83. The molecule has 0 aliphatic rings. The average molecular weight is 614 g/mol. The van der Waals surface area contributed by atoms with Gasteiger partial charge in [0.15, 0.2) is 0 Å². The van der Waals surface area contributed by atoms with Crippen molar-refractivity contribution in [2.45, 2.75) is 85.0 Å². The molecule has 3 atom stereocenters. The molecule has 5 N–H and O–H groups in total. The van der Waals surface area contributed by atoms with Crippen LogP contribution in [0.15, 0.2) is 30.3 Å². The largest absolute Gasteiger partial charge is 0.480 e. The van der Waals surface area contributed by atoms with Gasteiger partial charge in [-0.1, -0.05) is 65.0 Å². The highest BCUT2D eigenvalue weighted by atomic mass is 32.2. The first-order valence-corrected chi connectivity index (χ1v) is 15.6. The summed E-state index contributed by atoms with van der Waals surface area (Å²) < 4.78 is 29.9. The lowest BCUT2D eigenvalue weighted by molar-refractivity contribution is -0.142. The molecule has 0 aliphatic carbocycles. The van der Waals surface area contributed by atoms with Gasteiger partial charge in [-0.3, -0.25) is 14.4 Å². The van der Waals surface area contributed by atoms with Crippen molar-refractivity contribution in [1.82, 2.24) is 24.6 Å². The Morgan fingerprint density at radius 3 is 2.02 bits per heavy atom. The van der Waals surface area contributed by atoms with Crippen LogP contribution in [0, 0.1) is 11.3 Å². The number of likely N-dealkylation sites (N-methyl/N-ethyl adjacent to an activating group) is 1. The van der Waals surface area contributed by atoms with Crippen LogP contribution in [0.4, 0.5) is 0 Å². The predicted molar refractivity (Wildman–Crippen MR) is 163 cm³/mol. The molecule has 0 radical (unpaired) electrons. The Morgan fingerprint density at radius 1 is 0.976 bits per heavy atom. The van der Waals surface area contributed by atoms with Crippen molar-refractivity contribution in [1.29, 1.82) is 0 Å². The van der Waals surface area contributed by atoms with Gasteiger partial charge in [0.1, 0.15) is 11.6 Å². The molecule has 1 aromatic rings. The van der Waals surface area contributed by atoms with E-state index in [1.807, 2.05) is 65.0 Å². The Morgan fingerprint density at radius 2 is 1.55 bits per heavy atom. The molecule has 0 aliphatic heterocycles. The molecule has 1 rings (SSSR count). The minimum Gasteiger partial charge on any atom is -0.480 e. The molecular formula is C29H51N5O7S. The number of rotatable bonds is 17. The quantitative estimate of drug-likeness (QED) is 0.175. The van der Waals surface area contributed by atoms with Gasteiger partial charge in [-0.05, 0) is 57.7 Å². The smallest absolute Gasteiger partial charge is 0.324 e. The first kappa shape index (κ1) is 37.4. The third-order valence-corrected chi connectivity index (χ3v) is 8.37. The van der Waals surface area contributed by atoms with E-state index in [2.05, 4.69) is 15.4 Å². The van der Waals surface area contributed by atoms with Crippen molar-refractivity contribution in [3.05, 3.63) is 35.9 Å². The molecule has 0 unspecified atom stereocenters. The van der Waals surface area contributed by atoms with Gasteiger partial charge in [0, 0.05) is 13.1 Å². The van der Waals surface area contributed by atoms with E-state index in [9.17, 15) is 33.0 Å². The van der Waals surface area contributed by atoms with E-state index in [-0.39, 0.29) is 31.3 Å². The lowest BCUT2D eigenvalue weighted by Gasteiger charge is -2.35. The van der Waals surface area contributed by atoms with Crippen LogP contribution in [0.2, 0.25) is 0 Å². The molecule has 1 aromatic carbocycles. The van der Waals surface area contributed by atoms with Crippen molar-refractivity contribution in [3.63, 3.8) is 0 Å². The van der Waals surface area contributed by atoms with E-state index in [1.165, 1.54) is 13.8 Å². The van der Waals surface area contributed by atoms with Crippen LogP contribution < -0.4 is 15.4 Å². The summed E-state index contributed by atoms with van der Waals surface area (Å²) in [5, 5.41) is 26.6. The first-order chi connectivity index (χ1) is 19.2. The van der Waals surface area contributed by atoms with Crippen LogP contribution in [0.5, 0.6) is 0 Å². The van der Waals surface area contributed by atoms with Gasteiger partial charge in [-0.25, -0.2) is 0 Å². The number of carbonyl (C=O) groups excluding carboxylic acids is 2. The van der Waals surface area contributed by atoms with Gasteiger partial charge < -0.3 is 25.7 Å². The van der Waals surface area contributed by atoms with Gasteiger partial charge in [0.25, 0.3) is 10.2 Å². The number of nitrogens with zero attached hydrogens (tertiary/aromatic N) is 2. The van der Waals surface area contributed by atoms with Crippen LogP contribution in [0.1, 0.15) is 60.5 Å². The first-order valence-electron chi connectivity index (χ1n) is 14.1. The Kier molecular flexibility index (Phi) is 14.1. The minimum absolute atomic E-state index is 0.0248. The van der Waals surface area contributed by atoms with E-state index in [0.717, 1.165) is 9.87 Å². The molecule has 13 heteroatoms. The second-order valence-corrected chi connectivity index (χ2v) is 14.7. The normalized spacial score (nSPS) is 15.0. The second-order valence-electron chi connectivity index (χ2n) is 13.1. The molecule has 0 fully saturated rings. The fraction of sp³-hybridized carbons (Fsp3) is 0.690. The molecule has 2 amide bonds. The van der Waals surface area contributed by atoms with Gasteiger partial charge in [0.05, 0.1) is 18.7 Å². The third-order valence-electron chi connectivity index (χ3n) is 6.59. The lowest BCUT2D eigenvalue weighted by Crippen LogP contribution is -2.60. The van der Waals surface area contributed by atoms with Crippen LogP contribution in [0.3, 0.4) is 0 Å². The molecule has 0 saturated carbocycles. The summed E-state index contributed by atoms with van der Waals surface area (Å²) in [6, 6.07) is 7.26. The van der Waals surface area contributed by atoms with Crippen LogP contribution in [0.25, 0.3) is 0 Å². The molecule has 240 valence electrons. The summed E-state index contributed by atoms with van der Waals surface area (Å²) >= 11 is 0. The van der Waals surface area contributed by atoms with E-state index in [4.69, 9.17) is 0 Å². The van der Waals surface area contributed by atoms with Gasteiger partial charge >= 0.3 is 5.97 Å². The zero-order valence-corrected chi connectivity index (χ0v) is 27.3. The van der Waals surface area contributed by atoms with Crippen molar-refractivity contribution in [2.24, 2.45) is 11.3 Å². The monoisotopic (exact) mass is 613 g/mol. The Bertz CT molecular complexity index is 1130. The molecule has 12 nitrogen and oxygen atoms in total. The Labute approximate surface area is 251 Å². The third kappa shape index (κ3) is 12.7. The fourth-order valence-corrected chi connectivity index (χ4v) is 5.62. The summed E-state index contributed by atoms with van der Waals surface area (Å²) in [6.07, 6.45) is -0.729. The lowest BCUT2D eigenvalue weighted by atomic mass is 9.85. The van der Waals surface area contributed by atoms with E-state index in [0.29, 0.717) is 6.42 Å². The zero-order valence-electron chi connectivity index (χ0n) is 26.5. The highest BCUT2D eigenvalue weighted by Gasteiger charge is 2.38. The van der Waals surface area contributed by atoms with Crippen LogP contribution in [-0.4, -0.2) is 103 Å². The SMILES string of the molecule is CC(C)CCN(C[C@@H](O)[C@H](Cc1ccccc1)NC(=O)[C@@H](NC(=O)CN(C)C)C(C)(C)C)S(=O)(=O)NC(C)(C)C(=O)O. The predicted octanol–water partition coefficient (Wildman–Crippen LogP) is 1.21. The molecule has 0 heterocycles. The van der Waals surface area contributed by atoms with Crippen molar-refractivity contribution >= 4 is 28.0 Å². The molecular weight excluding hydrogens is 562 g/mol. The number of aliphatic hydroxyl groups excluding tert-OH is 1. The summed E-state index contributed by atoms with van der Waals surface area (Å²) in [4.78, 5) is 39.5. The maximum absolute atomic E-state index is 13.6. The summed E-state index contributed by atoms with van der Waals surface area (Å²) in [7, 11) is -0.870. The molecule has 42 heavy (non-hydrogen) atoms. The topological polar surface area (TPSA) is 168 Å². The molecule has 0 spiro atoms. The molecule has 0 bridgehead atoms. The molecule has 0 saturated heterocycles. The maximum atomic E-state index is 13.6. The number of carbonyl (C=O) groups is 3. The summed E-state index contributed by atoms with van der Waals surface area (Å²) in [5.74, 6) is -2.08. The fourth-order valence-electron chi connectivity index (χ4n) is 4.06. The number of benzene rings is 1. The number of hydrogen-bond acceptors (Lipinski definition) is 7. The van der Waals surface area contributed by atoms with Gasteiger partial charge in [-0.2, -0.15) is 17.4 Å². The maximum Gasteiger partial charge on any atom is 0.324 e. The standard InChI is InChI=1S/C29H51N5O7S/c1-20(2)15-16-34(42(40,41)32-29(6,7)27(38)39)18-23(35)22(17-21-13-11-10-12-14-21)30-26(37)25(28(3,4)5)31-24(36)19-33(8)9/h10-14,20,22-23,25,32,35H,15-19H2,1-9H3,(H,30,37)(H,31,36)(H,38,39)/t22-,23+,25+/m0/s1. The van der Waals surface area contributed by atoms with Gasteiger partial charge in [0.2, 0.25) is 11.8 Å². The number of amides is 2. The van der Waals surface area contributed by atoms with E-state index in [1.54, 1.807) is 19.0 Å². The molecule has 0 aromatic heterocycles. The van der Waals surface area contributed by atoms with E-state index < -0.39 is 57.8 Å². The van der Waals surface area contributed by atoms with Crippen molar-refractivity contribution in [3.8, 4) is 0 Å². The summed E-state index contributed by atoms with van der Waals surface area (Å²) in [5.41, 5.74) is -1.66. The number of aliphatic hydroxyl groups is 1.